The Morgan fingerprint density at radius 1 is 1.29 bits per heavy atom. The van der Waals surface area contributed by atoms with E-state index >= 15 is 0 Å². The monoisotopic (exact) mass is 295 g/mol. The molecule has 0 bridgehead atoms. The van der Waals surface area contributed by atoms with Crippen LogP contribution in [0.2, 0.25) is 0 Å². The third kappa shape index (κ3) is 2.76. The van der Waals surface area contributed by atoms with E-state index in [9.17, 15) is 4.79 Å². The number of hydrogen-bond donors (Lipinski definition) is 1. The number of carboxylic acid groups (broad SMARTS) is 1. The smallest absolute Gasteiger partial charge is 0.337 e. The molecule has 0 aromatic carbocycles. The molecule has 2 aromatic rings. The van der Waals surface area contributed by atoms with Crippen molar-refractivity contribution in [1.82, 2.24) is 15.0 Å². The molecule has 0 aliphatic heterocycles. The van der Waals surface area contributed by atoms with Gasteiger partial charge in [0.15, 0.2) is 0 Å². The summed E-state index contributed by atoms with van der Waals surface area (Å²) in [6, 6.07) is 1.36. The maximum atomic E-state index is 10.7. The van der Waals surface area contributed by atoms with Crippen molar-refractivity contribution >= 4 is 21.9 Å². The molecule has 0 spiro atoms. The minimum absolute atomic E-state index is 0.0488. The third-order valence-corrected chi connectivity index (χ3v) is 2.35. The average molecular weight is 296 g/mol. The van der Waals surface area contributed by atoms with E-state index in [0.717, 1.165) is 0 Å². The lowest BCUT2D eigenvalue weighted by Crippen LogP contribution is -1.98. The van der Waals surface area contributed by atoms with Crippen LogP contribution < -0.4 is 4.74 Å². The van der Waals surface area contributed by atoms with Crippen molar-refractivity contribution in [3.8, 4) is 11.6 Å². The molecule has 7 heteroatoms. The Labute approximate surface area is 104 Å². The number of aromatic carboxylic acids is 1. The number of carbonyl (C=O) groups is 1. The van der Waals surface area contributed by atoms with E-state index in [1.165, 1.54) is 31.0 Å². The quantitative estimate of drug-likeness (QED) is 0.933. The first-order valence-corrected chi connectivity index (χ1v) is 5.28. The normalized spacial score (nSPS) is 9.94. The molecule has 0 saturated carbocycles. The molecular formula is C10H6BrN3O3. The number of ether oxygens (including phenoxy) is 1. The molecular weight excluding hydrogens is 290 g/mol. The fourth-order valence-corrected chi connectivity index (χ4v) is 1.38. The molecule has 2 aromatic heterocycles. The zero-order chi connectivity index (χ0) is 12.3. The molecule has 17 heavy (non-hydrogen) atoms. The van der Waals surface area contributed by atoms with Crippen LogP contribution in [-0.2, 0) is 0 Å². The van der Waals surface area contributed by atoms with Gasteiger partial charge in [-0.1, -0.05) is 0 Å². The first-order valence-electron chi connectivity index (χ1n) is 4.48. The Morgan fingerprint density at radius 2 is 2.12 bits per heavy atom. The number of rotatable bonds is 3. The highest BCUT2D eigenvalue weighted by molar-refractivity contribution is 9.10. The Bertz CT molecular complexity index is 562. The summed E-state index contributed by atoms with van der Waals surface area (Å²) in [5, 5.41) is 8.80. The summed E-state index contributed by atoms with van der Waals surface area (Å²) >= 11 is 3.21. The summed E-state index contributed by atoms with van der Waals surface area (Å²) in [7, 11) is 0. The van der Waals surface area contributed by atoms with E-state index in [4.69, 9.17) is 9.84 Å². The SMILES string of the molecule is O=C(O)c1cncc(Oc2ncncc2Br)c1. The Kier molecular flexibility index (Phi) is 3.29. The standard InChI is InChI=1S/C10H6BrN3O3/c11-8-4-13-5-14-9(8)17-7-1-6(10(15)16)2-12-3-7/h1-5H,(H,15,16). The second-order valence-electron chi connectivity index (χ2n) is 2.99. The van der Waals surface area contributed by atoms with Gasteiger partial charge in [0.25, 0.3) is 0 Å². The van der Waals surface area contributed by atoms with Crippen molar-refractivity contribution in [2.24, 2.45) is 0 Å². The number of hydrogen-bond acceptors (Lipinski definition) is 5. The molecule has 0 aliphatic carbocycles. The molecule has 0 radical (unpaired) electrons. The summed E-state index contributed by atoms with van der Waals surface area (Å²) in [5.41, 5.74) is 0.0488. The predicted octanol–water partition coefficient (Wildman–Crippen LogP) is 2.12. The molecule has 1 N–H and O–H groups in total. The molecule has 0 unspecified atom stereocenters. The van der Waals surface area contributed by atoms with Crippen molar-refractivity contribution in [1.29, 1.82) is 0 Å². The van der Waals surface area contributed by atoms with Crippen LogP contribution in [0.3, 0.4) is 0 Å². The molecule has 0 aliphatic rings. The van der Waals surface area contributed by atoms with Crippen molar-refractivity contribution in [2.75, 3.05) is 0 Å². The average Bonchev–Trinajstić information content (AvgIpc) is 2.32. The lowest BCUT2D eigenvalue weighted by molar-refractivity contribution is 0.0696. The maximum absolute atomic E-state index is 10.7. The Morgan fingerprint density at radius 3 is 2.82 bits per heavy atom. The topological polar surface area (TPSA) is 85.2 Å². The van der Waals surface area contributed by atoms with Crippen LogP contribution in [0.15, 0.2) is 35.5 Å². The lowest BCUT2D eigenvalue weighted by Gasteiger charge is -2.05. The van der Waals surface area contributed by atoms with E-state index in [0.29, 0.717) is 16.1 Å². The maximum Gasteiger partial charge on any atom is 0.337 e. The van der Waals surface area contributed by atoms with Gasteiger partial charge in [-0.25, -0.2) is 14.8 Å². The lowest BCUT2D eigenvalue weighted by atomic mass is 10.3. The molecule has 86 valence electrons. The van der Waals surface area contributed by atoms with E-state index in [1.54, 1.807) is 0 Å². The van der Waals surface area contributed by atoms with E-state index in [1.807, 2.05) is 0 Å². The van der Waals surface area contributed by atoms with Crippen LogP contribution in [0.1, 0.15) is 10.4 Å². The molecule has 0 fully saturated rings. The number of halogens is 1. The van der Waals surface area contributed by atoms with Gasteiger partial charge in [-0.3, -0.25) is 4.98 Å². The van der Waals surface area contributed by atoms with Gasteiger partial charge >= 0.3 is 5.97 Å². The molecule has 2 heterocycles. The van der Waals surface area contributed by atoms with Crippen LogP contribution in [0, 0.1) is 0 Å². The van der Waals surface area contributed by atoms with Crippen molar-refractivity contribution in [3.63, 3.8) is 0 Å². The Balaban J connectivity index is 2.28. The zero-order valence-corrected chi connectivity index (χ0v) is 9.96. The highest BCUT2D eigenvalue weighted by Gasteiger charge is 2.08. The second kappa shape index (κ2) is 4.88. The summed E-state index contributed by atoms with van der Waals surface area (Å²) < 4.78 is 5.95. The molecule has 0 saturated heterocycles. The van der Waals surface area contributed by atoms with Gasteiger partial charge in [0, 0.05) is 12.4 Å². The highest BCUT2D eigenvalue weighted by Crippen LogP contribution is 2.25. The van der Waals surface area contributed by atoms with Gasteiger partial charge in [-0.2, -0.15) is 0 Å². The zero-order valence-electron chi connectivity index (χ0n) is 8.37. The summed E-state index contributed by atoms with van der Waals surface area (Å²) in [6.07, 6.45) is 5.50. The predicted molar refractivity (Wildman–Crippen MR) is 61.0 cm³/mol. The van der Waals surface area contributed by atoms with Gasteiger partial charge in [-0.15, -0.1) is 0 Å². The highest BCUT2D eigenvalue weighted by atomic mass is 79.9. The van der Waals surface area contributed by atoms with Crippen LogP contribution in [0.25, 0.3) is 0 Å². The first-order chi connectivity index (χ1) is 8.16. The number of carboxylic acids is 1. The van der Waals surface area contributed by atoms with Crippen molar-refractivity contribution < 1.29 is 14.6 Å². The van der Waals surface area contributed by atoms with E-state index in [2.05, 4.69) is 30.9 Å². The summed E-state index contributed by atoms with van der Waals surface area (Å²) in [5.74, 6) is -0.474. The van der Waals surface area contributed by atoms with Crippen LogP contribution in [-0.4, -0.2) is 26.0 Å². The van der Waals surface area contributed by atoms with Crippen molar-refractivity contribution in [2.45, 2.75) is 0 Å². The van der Waals surface area contributed by atoms with Gasteiger partial charge in [0.2, 0.25) is 5.88 Å². The fourth-order valence-electron chi connectivity index (χ4n) is 1.08. The number of aromatic nitrogens is 3. The van der Waals surface area contributed by atoms with E-state index in [-0.39, 0.29) is 5.56 Å². The number of nitrogens with zero attached hydrogens (tertiary/aromatic N) is 3. The van der Waals surface area contributed by atoms with Crippen LogP contribution in [0.5, 0.6) is 11.6 Å². The largest absolute Gasteiger partial charge is 0.478 e. The van der Waals surface area contributed by atoms with Gasteiger partial charge in [0.1, 0.15) is 12.1 Å². The fraction of sp³-hybridized carbons (Fsp3) is 0. The van der Waals surface area contributed by atoms with Gasteiger partial charge in [0.05, 0.1) is 16.2 Å². The molecule has 0 atom stereocenters. The van der Waals surface area contributed by atoms with Crippen molar-refractivity contribution in [3.05, 3.63) is 41.0 Å². The van der Waals surface area contributed by atoms with E-state index < -0.39 is 5.97 Å². The van der Waals surface area contributed by atoms with Gasteiger partial charge in [-0.05, 0) is 22.0 Å². The molecule has 6 nitrogen and oxygen atoms in total. The van der Waals surface area contributed by atoms with Crippen LogP contribution >= 0.6 is 15.9 Å². The third-order valence-electron chi connectivity index (χ3n) is 1.81. The van der Waals surface area contributed by atoms with Gasteiger partial charge < -0.3 is 9.84 Å². The minimum atomic E-state index is -1.07. The first kappa shape index (κ1) is 11.5. The second-order valence-corrected chi connectivity index (χ2v) is 3.85. The summed E-state index contributed by atoms with van der Waals surface area (Å²) in [6.45, 7) is 0. The van der Waals surface area contributed by atoms with Crippen LogP contribution in [0.4, 0.5) is 0 Å². The minimum Gasteiger partial charge on any atom is -0.478 e. The number of pyridine rings is 1. The summed E-state index contributed by atoms with van der Waals surface area (Å²) in [4.78, 5) is 22.2. The Hall–Kier alpha value is -2.02. The molecule has 0 amide bonds. The molecule has 2 rings (SSSR count).